The van der Waals surface area contributed by atoms with Gasteiger partial charge in [-0.15, -0.1) is 5.10 Å². The Morgan fingerprint density at radius 1 is 1.28 bits per heavy atom. The van der Waals surface area contributed by atoms with E-state index in [9.17, 15) is 4.79 Å². The Morgan fingerprint density at radius 3 is 2.80 bits per heavy atom. The van der Waals surface area contributed by atoms with E-state index in [0.717, 1.165) is 17.7 Å². The van der Waals surface area contributed by atoms with Crippen molar-refractivity contribution in [1.82, 2.24) is 14.6 Å². The Balaban J connectivity index is 1.67. The van der Waals surface area contributed by atoms with Crippen LogP contribution in [0.15, 0.2) is 51.9 Å². The van der Waals surface area contributed by atoms with Crippen LogP contribution in [-0.2, 0) is 0 Å². The summed E-state index contributed by atoms with van der Waals surface area (Å²) in [6.45, 7) is 2.75. The van der Waals surface area contributed by atoms with Crippen molar-refractivity contribution < 1.29 is 9.15 Å². The first-order chi connectivity index (χ1) is 12.2. The molecule has 126 valence electrons. The minimum atomic E-state index is -0.196. The summed E-state index contributed by atoms with van der Waals surface area (Å²) in [7, 11) is 0. The molecule has 0 N–H and O–H groups in total. The summed E-state index contributed by atoms with van der Waals surface area (Å²) >= 11 is 1.29. The van der Waals surface area contributed by atoms with Crippen LogP contribution >= 0.6 is 11.3 Å². The van der Waals surface area contributed by atoms with Crippen LogP contribution in [0, 0.1) is 0 Å². The normalized spacial score (nSPS) is 12.1. The third kappa shape index (κ3) is 3.06. The molecule has 0 fully saturated rings. The Hall–Kier alpha value is -2.93. The minimum absolute atomic E-state index is 0.196. The Kier molecular flexibility index (Phi) is 4.07. The fourth-order valence-electron chi connectivity index (χ4n) is 2.38. The highest BCUT2D eigenvalue weighted by atomic mass is 32.1. The van der Waals surface area contributed by atoms with Crippen LogP contribution in [-0.4, -0.2) is 21.2 Å². The lowest BCUT2D eigenvalue weighted by molar-refractivity contribution is 0.317. The van der Waals surface area contributed by atoms with Gasteiger partial charge in [0.2, 0.25) is 4.96 Å². The molecule has 0 atom stereocenters. The lowest BCUT2D eigenvalue weighted by Crippen LogP contribution is -2.23. The van der Waals surface area contributed by atoms with Crippen LogP contribution in [0.4, 0.5) is 0 Å². The van der Waals surface area contributed by atoms with Crippen molar-refractivity contribution in [3.8, 4) is 17.1 Å². The topological polar surface area (TPSA) is 69.6 Å². The van der Waals surface area contributed by atoms with Gasteiger partial charge in [-0.3, -0.25) is 4.79 Å². The molecular formula is C18H15N3O3S. The van der Waals surface area contributed by atoms with E-state index >= 15 is 0 Å². The molecule has 0 aliphatic carbocycles. The van der Waals surface area contributed by atoms with E-state index in [-0.39, 0.29) is 5.56 Å². The second-order valence-electron chi connectivity index (χ2n) is 5.43. The smallest absolute Gasteiger partial charge is 0.291 e. The van der Waals surface area contributed by atoms with Crippen LogP contribution in [0.2, 0.25) is 0 Å². The summed E-state index contributed by atoms with van der Waals surface area (Å²) in [5, 5.41) is 4.34. The van der Waals surface area contributed by atoms with Crippen molar-refractivity contribution in [3.63, 3.8) is 0 Å². The van der Waals surface area contributed by atoms with Gasteiger partial charge in [-0.1, -0.05) is 18.3 Å². The van der Waals surface area contributed by atoms with Crippen molar-refractivity contribution >= 4 is 22.4 Å². The molecule has 0 unspecified atom stereocenters. The molecule has 7 heteroatoms. The van der Waals surface area contributed by atoms with Gasteiger partial charge in [0.15, 0.2) is 5.82 Å². The molecule has 4 rings (SSSR count). The van der Waals surface area contributed by atoms with Crippen molar-refractivity contribution in [3.05, 3.63) is 63.3 Å². The van der Waals surface area contributed by atoms with E-state index in [1.54, 1.807) is 24.5 Å². The predicted octanol–water partition coefficient (Wildman–Crippen LogP) is 2.75. The Bertz CT molecular complexity index is 1100. The number of furan rings is 1. The predicted molar refractivity (Wildman–Crippen MR) is 95.8 cm³/mol. The molecular weight excluding hydrogens is 338 g/mol. The van der Waals surface area contributed by atoms with E-state index in [1.807, 2.05) is 24.3 Å². The summed E-state index contributed by atoms with van der Waals surface area (Å²) in [6, 6.07) is 11.1. The maximum atomic E-state index is 12.4. The molecule has 0 radical (unpaired) electrons. The third-order valence-electron chi connectivity index (χ3n) is 3.58. The van der Waals surface area contributed by atoms with Gasteiger partial charge >= 0.3 is 0 Å². The number of ether oxygens (including phenoxy) is 1. The molecule has 25 heavy (non-hydrogen) atoms. The zero-order chi connectivity index (χ0) is 17.2. The van der Waals surface area contributed by atoms with Crippen molar-refractivity contribution in [2.75, 3.05) is 6.61 Å². The molecule has 6 nitrogen and oxygen atoms in total. The van der Waals surface area contributed by atoms with E-state index in [1.165, 1.54) is 15.9 Å². The van der Waals surface area contributed by atoms with Crippen LogP contribution in [0.5, 0.6) is 5.75 Å². The van der Waals surface area contributed by atoms with Gasteiger partial charge in [-0.25, -0.2) is 0 Å². The number of fused-ring (bicyclic) bond motifs is 1. The highest BCUT2D eigenvalue weighted by molar-refractivity contribution is 7.15. The van der Waals surface area contributed by atoms with Crippen LogP contribution in [0.3, 0.4) is 0 Å². The lowest BCUT2D eigenvalue weighted by Gasteiger charge is -2.04. The van der Waals surface area contributed by atoms with Crippen molar-refractivity contribution in [2.45, 2.75) is 13.3 Å². The SMILES string of the molecule is CCCOc1ccc(-c2nc3s/c(=C\c4ccco4)c(=O)n3n2)cc1. The Morgan fingerprint density at radius 2 is 2.12 bits per heavy atom. The zero-order valence-corrected chi connectivity index (χ0v) is 14.3. The Labute approximate surface area is 147 Å². The molecule has 0 aliphatic heterocycles. The number of hydrogen-bond donors (Lipinski definition) is 0. The first-order valence-corrected chi connectivity index (χ1v) is 8.74. The average Bonchev–Trinajstić information content (AvgIpc) is 3.34. The van der Waals surface area contributed by atoms with Gasteiger partial charge in [-0.05, 0) is 42.8 Å². The first kappa shape index (κ1) is 15.6. The van der Waals surface area contributed by atoms with Gasteiger partial charge in [0.25, 0.3) is 5.56 Å². The van der Waals surface area contributed by atoms with E-state index < -0.39 is 0 Å². The quantitative estimate of drug-likeness (QED) is 0.552. The molecule has 0 amide bonds. The molecule has 0 saturated carbocycles. The molecule has 0 spiro atoms. The molecule has 0 bridgehead atoms. The highest BCUT2D eigenvalue weighted by Gasteiger charge is 2.12. The van der Waals surface area contributed by atoms with Crippen molar-refractivity contribution in [1.29, 1.82) is 0 Å². The molecule has 4 aromatic rings. The van der Waals surface area contributed by atoms with Crippen LogP contribution < -0.4 is 14.8 Å². The molecule has 1 aromatic carbocycles. The number of aromatic nitrogens is 3. The number of benzene rings is 1. The number of nitrogens with zero attached hydrogens (tertiary/aromatic N) is 3. The maximum Gasteiger partial charge on any atom is 0.291 e. The standard InChI is InChI=1S/C18H15N3O3S/c1-2-9-23-13-7-5-12(6-8-13)16-19-18-21(20-16)17(22)15(25-18)11-14-4-3-10-24-14/h3-8,10-11H,2,9H2,1H3/b15-11-. The number of thiazole rings is 1. The van der Waals surface area contributed by atoms with Gasteiger partial charge < -0.3 is 9.15 Å². The highest BCUT2D eigenvalue weighted by Crippen LogP contribution is 2.20. The lowest BCUT2D eigenvalue weighted by atomic mass is 10.2. The molecule has 0 aliphatic rings. The summed E-state index contributed by atoms with van der Waals surface area (Å²) in [5.41, 5.74) is 0.647. The first-order valence-electron chi connectivity index (χ1n) is 7.92. The van der Waals surface area contributed by atoms with Gasteiger partial charge in [0.1, 0.15) is 16.0 Å². The fraction of sp³-hybridized carbons (Fsp3) is 0.167. The maximum absolute atomic E-state index is 12.4. The second kappa shape index (κ2) is 6.52. The van der Waals surface area contributed by atoms with E-state index in [4.69, 9.17) is 9.15 Å². The zero-order valence-electron chi connectivity index (χ0n) is 13.5. The van der Waals surface area contributed by atoms with Crippen molar-refractivity contribution in [2.24, 2.45) is 0 Å². The molecule has 3 heterocycles. The van der Waals surface area contributed by atoms with Gasteiger partial charge in [0, 0.05) is 11.6 Å². The van der Waals surface area contributed by atoms with Crippen LogP contribution in [0.1, 0.15) is 19.1 Å². The van der Waals surface area contributed by atoms with Gasteiger partial charge in [0.05, 0.1) is 12.9 Å². The average molecular weight is 353 g/mol. The minimum Gasteiger partial charge on any atom is -0.494 e. The van der Waals surface area contributed by atoms with E-state index in [0.29, 0.717) is 27.7 Å². The fourth-order valence-corrected chi connectivity index (χ4v) is 3.27. The van der Waals surface area contributed by atoms with E-state index in [2.05, 4.69) is 17.0 Å². The largest absolute Gasteiger partial charge is 0.494 e. The third-order valence-corrected chi connectivity index (χ3v) is 4.54. The summed E-state index contributed by atoms with van der Waals surface area (Å²) in [4.78, 5) is 17.5. The number of rotatable bonds is 5. The molecule has 0 saturated heterocycles. The van der Waals surface area contributed by atoms with Crippen LogP contribution in [0.25, 0.3) is 22.4 Å². The summed E-state index contributed by atoms with van der Waals surface area (Å²) < 4.78 is 12.7. The molecule has 3 aromatic heterocycles. The summed E-state index contributed by atoms with van der Waals surface area (Å²) in [5.74, 6) is 1.96. The number of hydrogen-bond acceptors (Lipinski definition) is 6. The van der Waals surface area contributed by atoms with Gasteiger partial charge in [-0.2, -0.15) is 9.50 Å². The second-order valence-corrected chi connectivity index (χ2v) is 6.44. The summed E-state index contributed by atoms with van der Waals surface area (Å²) in [6.07, 6.45) is 4.23. The monoisotopic (exact) mass is 353 g/mol.